The fraction of sp³-hybridized carbons (Fsp3) is 0.0588. The third-order valence-corrected chi connectivity index (χ3v) is 4.93. The van der Waals surface area contributed by atoms with Gasteiger partial charge >= 0.3 is 0 Å². The number of nitrogens with one attached hydrogen (secondary N) is 1. The Kier molecular flexibility index (Phi) is 4.44. The second-order valence-electron chi connectivity index (χ2n) is 5.42. The SMILES string of the molecule is CN(O)C(=O)c1ccc(Pc2ccc3c(c2)C(=O)NC3=O)cc1C=O. The zero-order valence-electron chi connectivity index (χ0n) is 13.1. The number of fused-ring (bicyclic) bond motifs is 1. The lowest BCUT2D eigenvalue weighted by molar-refractivity contribution is -0.0375. The molecule has 2 N–H and O–H groups in total. The first kappa shape index (κ1) is 17.0. The van der Waals surface area contributed by atoms with E-state index in [4.69, 9.17) is 0 Å². The van der Waals surface area contributed by atoms with Crippen LogP contribution in [0.1, 0.15) is 41.4 Å². The Bertz CT molecular complexity index is 923. The Hall–Kier alpha value is -2.89. The summed E-state index contributed by atoms with van der Waals surface area (Å²) in [7, 11) is 1.31. The van der Waals surface area contributed by atoms with Crippen molar-refractivity contribution in [2.75, 3.05) is 7.05 Å². The van der Waals surface area contributed by atoms with E-state index in [1.165, 1.54) is 13.1 Å². The van der Waals surface area contributed by atoms with Crippen LogP contribution >= 0.6 is 8.58 Å². The molecule has 0 spiro atoms. The van der Waals surface area contributed by atoms with Crippen LogP contribution in [-0.4, -0.2) is 41.3 Å². The van der Waals surface area contributed by atoms with E-state index in [0.29, 0.717) is 22.5 Å². The second-order valence-corrected chi connectivity index (χ2v) is 6.82. The summed E-state index contributed by atoms with van der Waals surface area (Å²) in [6.07, 6.45) is 0.555. The molecule has 0 radical (unpaired) electrons. The predicted molar refractivity (Wildman–Crippen MR) is 91.5 cm³/mol. The second kappa shape index (κ2) is 6.55. The smallest absolute Gasteiger partial charge is 0.277 e. The van der Waals surface area contributed by atoms with Crippen molar-refractivity contribution in [2.45, 2.75) is 0 Å². The van der Waals surface area contributed by atoms with E-state index in [2.05, 4.69) is 5.32 Å². The highest BCUT2D eigenvalue weighted by atomic mass is 31.1. The third kappa shape index (κ3) is 3.20. The van der Waals surface area contributed by atoms with Crippen LogP contribution in [0.2, 0.25) is 0 Å². The number of carbonyl (C=O) groups is 4. The molecule has 3 amide bonds. The van der Waals surface area contributed by atoms with Gasteiger partial charge in [-0.15, -0.1) is 0 Å². The maximum atomic E-state index is 11.8. The highest BCUT2D eigenvalue weighted by molar-refractivity contribution is 7.55. The molecule has 1 unspecified atom stereocenters. The predicted octanol–water partition coefficient (Wildman–Crippen LogP) is 0.473. The van der Waals surface area contributed by atoms with Crippen molar-refractivity contribution in [1.82, 2.24) is 10.4 Å². The Morgan fingerprint density at radius 1 is 1.08 bits per heavy atom. The normalized spacial score (nSPS) is 13.0. The molecule has 2 aromatic rings. The highest BCUT2D eigenvalue weighted by Gasteiger charge is 2.26. The number of hydrogen-bond donors (Lipinski definition) is 2. The molecule has 0 bridgehead atoms. The fourth-order valence-electron chi connectivity index (χ4n) is 2.52. The van der Waals surface area contributed by atoms with Crippen molar-refractivity contribution in [1.29, 1.82) is 0 Å². The summed E-state index contributed by atoms with van der Waals surface area (Å²) >= 11 is 0. The van der Waals surface area contributed by atoms with E-state index >= 15 is 0 Å². The molecular weight excluding hydrogens is 343 g/mol. The van der Waals surface area contributed by atoms with Crippen LogP contribution in [0.5, 0.6) is 0 Å². The fourth-order valence-corrected chi connectivity index (χ4v) is 3.63. The summed E-state index contributed by atoms with van der Waals surface area (Å²) < 4.78 is 0. The molecule has 2 aromatic carbocycles. The van der Waals surface area contributed by atoms with Gasteiger partial charge in [0.25, 0.3) is 17.7 Å². The molecule has 1 atom stereocenters. The molecule has 25 heavy (non-hydrogen) atoms. The Labute approximate surface area is 144 Å². The van der Waals surface area contributed by atoms with E-state index < -0.39 is 17.7 Å². The minimum Gasteiger partial charge on any atom is -0.298 e. The van der Waals surface area contributed by atoms with Crippen molar-refractivity contribution in [3.05, 3.63) is 58.7 Å². The van der Waals surface area contributed by atoms with Crippen molar-refractivity contribution < 1.29 is 24.4 Å². The largest absolute Gasteiger partial charge is 0.298 e. The molecule has 0 saturated carbocycles. The van der Waals surface area contributed by atoms with Gasteiger partial charge in [0.2, 0.25) is 0 Å². The number of benzene rings is 2. The number of imide groups is 1. The quantitative estimate of drug-likeness (QED) is 0.273. The molecule has 0 fully saturated rings. The molecule has 1 aliphatic rings. The van der Waals surface area contributed by atoms with Crippen LogP contribution in [0.15, 0.2) is 36.4 Å². The molecule has 8 heteroatoms. The number of hydroxylamine groups is 2. The summed E-state index contributed by atoms with van der Waals surface area (Å²) in [5.74, 6) is -1.51. The number of aldehydes is 1. The summed E-state index contributed by atoms with van der Waals surface area (Å²) in [5.41, 5.74) is 0.954. The van der Waals surface area contributed by atoms with E-state index in [0.717, 1.165) is 10.6 Å². The van der Waals surface area contributed by atoms with Crippen LogP contribution in [0.25, 0.3) is 0 Å². The summed E-state index contributed by atoms with van der Waals surface area (Å²) in [6, 6.07) is 9.72. The van der Waals surface area contributed by atoms with Gasteiger partial charge in [0, 0.05) is 12.6 Å². The van der Waals surface area contributed by atoms with E-state index in [1.54, 1.807) is 30.3 Å². The van der Waals surface area contributed by atoms with E-state index in [1.807, 2.05) is 0 Å². The summed E-state index contributed by atoms with van der Waals surface area (Å²) in [6.45, 7) is 0. The Morgan fingerprint density at radius 2 is 1.72 bits per heavy atom. The Balaban J connectivity index is 1.90. The third-order valence-electron chi connectivity index (χ3n) is 3.73. The molecular formula is C17H13N2O5P. The van der Waals surface area contributed by atoms with Crippen LogP contribution in [0, 0.1) is 0 Å². The minimum absolute atomic E-state index is 0.104. The average Bonchev–Trinajstić information content (AvgIpc) is 2.88. The van der Waals surface area contributed by atoms with Gasteiger partial charge in [0.05, 0.1) is 16.7 Å². The lowest BCUT2D eigenvalue weighted by atomic mass is 10.1. The maximum Gasteiger partial charge on any atom is 0.277 e. The topological polar surface area (TPSA) is 104 Å². The van der Waals surface area contributed by atoms with Crippen molar-refractivity contribution in [3.63, 3.8) is 0 Å². The van der Waals surface area contributed by atoms with Gasteiger partial charge in [-0.3, -0.25) is 29.7 Å². The van der Waals surface area contributed by atoms with Gasteiger partial charge in [-0.2, -0.15) is 0 Å². The van der Waals surface area contributed by atoms with Crippen molar-refractivity contribution in [2.24, 2.45) is 0 Å². The molecule has 1 heterocycles. The van der Waals surface area contributed by atoms with Gasteiger partial charge in [-0.1, -0.05) is 20.7 Å². The number of nitrogens with zero attached hydrogens (tertiary/aromatic N) is 1. The molecule has 7 nitrogen and oxygen atoms in total. The number of carbonyl (C=O) groups excluding carboxylic acids is 4. The van der Waals surface area contributed by atoms with E-state index in [-0.39, 0.29) is 19.7 Å². The molecule has 3 rings (SSSR count). The van der Waals surface area contributed by atoms with Crippen molar-refractivity contribution >= 4 is 43.2 Å². The first-order valence-electron chi connectivity index (χ1n) is 7.23. The monoisotopic (exact) mass is 356 g/mol. The number of rotatable bonds is 4. The van der Waals surface area contributed by atoms with E-state index in [9.17, 15) is 24.4 Å². The van der Waals surface area contributed by atoms with Crippen LogP contribution in [0.4, 0.5) is 0 Å². The molecule has 0 aliphatic carbocycles. The minimum atomic E-state index is -0.676. The van der Waals surface area contributed by atoms with Crippen LogP contribution in [0.3, 0.4) is 0 Å². The highest BCUT2D eigenvalue weighted by Crippen LogP contribution is 2.19. The summed E-state index contributed by atoms with van der Waals surface area (Å²) in [5, 5.41) is 13.5. The van der Waals surface area contributed by atoms with Crippen LogP contribution in [-0.2, 0) is 0 Å². The molecule has 1 aliphatic heterocycles. The van der Waals surface area contributed by atoms with Gasteiger partial charge < -0.3 is 0 Å². The standard InChI is InChI=1S/C17H13N2O5P/c1-19(24)17(23)12-4-2-10(6-9(12)8-20)25-11-3-5-13-14(7-11)16(22)18-15(13)21/h2-8,24-25H,1H3,(H,18,21,22). The van der Waals surface area contributed by atoms with Crippen molar-refractivity contribution in [3.8, 4) is 0 Å². The van der Waals surface area contributed by atoms with Gasteiger partial charge in [-0.05, 0) is 34.9 Å². The zero-order chi connectivity index (χ0) is 18.1. The summed E-state index contributed by atoms with van der Waals surface area (Å²) in [4.78, 5) is 46.4. The van der Waals surface area contributed by atoms with Gasteiger partial charge in [0.1, 0.15) is 0 Å². The number of amides is 3. The lowest BCUT2D eigenvalue weighted by Crippen LogP contribution is -2.24. The lowest BCUT2D eigenvalue weighted by Gasteiger charge is -2.11. The van der Waals surface area contributed by atoms with Crippen LogP contribution < -0.4 is 15.9 Å². The average molecular weight is 356 g/mol. The molecule has 126 valence electrons. The first-order chi connectivity index (χ1) is 11.9. The molecule has 0 saturated heterocycles. The Morgan fingerprint density at radius 3 is 2.40 bits per heavy atom. The first-order valence-corrected chi connectivity index (χ1v) is 8.23. The van der Waals surface area contributed by atoms with Gasteiger partial charge in [-0.25, -0.2) is 5.06 Å². The molecule has 0 aromatic heterocycles. The number of hydrogen-bond acceptors (Lipinski definition) is 5. The zero-order valence-corrected chi connectivity index (χ0v) is 14.1. The van der Waals surface area contributed by atoms with Gasteiger partial charge in [0.15, 0.2) is 6.29 Å². The maximum absolute atomic E-state index is 11.8.